The SMILES string of the molecule is CCCS(=O)(=O)CCOc1ccc(C)cc1[C@@H](C)O. The third kappa shape index (κ3) is 5.20. The quantitative estimate of drug-likeness (QED) is 0.835. The highest BCUT2D eigenvalue weighted by Gasteiger charge is 2.12. The highest BCUT2D eigenvalue weighted by Crippen LogP contribution is 2.26. The molecule has 5 heteroatoms. The predicted molar refractivity (Wildman–Crippen MR) is 76.3 cm³/mol. The Kier molecular flexibility index (Phi) is 5.82. The standard InChI is InChI=1S/C14H22O4S/c1-4-8-19(16,17)9-7-18-14-6-5-11(2)10-13(14)12(3)15/h5-6,10,12,15H,4,7-9H2,1-3H3/t12-/m1/s1. The summed E-state index contributed by atoms with van der Waals surface area (Å²) in [4.78, 5) is 0. The molecule has 1 aromatic rings. The lowest BCUT2D eigenvalue weighted by molar-refractivity contribution is 0.192. The van der Waals surface area contributed by atoms with Crippen LogP contribution in [0.2, 0.25) is 0 Å². The first-order valence-electron chi connectivity index (χ1n) is 6.47. The summed E-state index contributed by atoms with van der Waals surface area (Å²) in [6, 6.07) is 5.49. The molecule has 0 radical (unpaired) electrons. The average molecular weight is 286 g/mol. The van der Waals surface area contributed by atoms with Crippen molar-refractivity contribution in [3.05, 3.63) is 29.3 Å². The first-order chi connectivity index (χ1) is 8.85. The van der Waals surface area contributed by atoms with Crippen LogP contribution in [0.1, 0.15) is 37.5 Å². The highest BCUT2D eigenvalue weighted by molar-refractivity contribution is 7.91. The molecule has 4 nitrogen and oxygen atoms in total. The number of ether oxygens (including phenoxy) is 1. The Bertz CT molecular complexity index is 506. The maximum Gasteiger partial charge on any atom is 0.153 e. The van der Waals surface area contributed by atoms with Crippen LogP contribution in [0.4, 0.5) is 0 Å². The van der Waals surface area contributed by atoms with Crippen LogP contribution >= 0.6 is 0 Å². The molecular formula is C14H22O4S. The van der Waals surface area contributed by atoms with Crippen molar-refractivity contribution in [3.8, 4) is 5.75 Å². The fourth-order valence-corrected chi connectivity index (χ4v) is 2.98. The molecular weight excluding hydrogens is 264 g/mol. The number of hydrogen-bond acceptors (Lipinski definition) is 4. The summed E-state index contributed by atoms with van der Waals surface area (Å²) in [6.45, 7) is 5.55. The van der Waals surface area contributed by atoms with Crippen molar-refractivity contribution in [1.29, 1.82) is 0 Å². The summed E-state index contributed by atoms with van der Waals surface area (Å²) in [5.74, 6) is 0.744. The maximum atomic E-state index is 11.6. The van der Waals surface area contributed by atoms with Gasteiger partial charge in [0.15, 0.2) is 9.84 Å². The second-order valence-corrected chi connectivity index (χ2v) is 7.02. The van der Waals surface area contributed by atoms with E-state index in [-0.39, 0.29) is 18.1 Å². The summed E-state index contributed by atoms with van der Waals surface area (Å²) < 4.78 is 28.6. The van der Waals surface area contributed by atoms with Crippen molar-refractivity contribution in [2.45, 2.75) is 33.3 Å². The minimum atomic E-state index is -3.03. The number of aryl methyl sites for hydroxylation is 1. The van der Waals surface area contributed by atoms with Gasteiger partial charge in [-0.15, -0.1) is 0 Å². The van der Waals surface area contributed by atoms with Crippen molar-refractivity contribution in [2.75, 3.05) is 18.1 Å². The van der Waals surface area contributed by atoms with Crippen LogP contribution in [-0.4, -0.2) is 31.6 Å². The fraction of sp³-hybridized carbons (Fsp3) is 0.571. The number of rotatable bonds is 7. The van der Waals surface area contributed by atoms with Crippen molar-refractivity contribution in [3.63, 3.8) is 0 Å². The number of aliphatic hydroxyl groups excluding tert-OH is 1. The number of hydrogen-bond donors (Lipinski definition) is 1. The minimum Gasteiger partial charge on any atom is -0.492 e. The Morgan fingerprint density at radius 3 is 2.58 bits per heavy atom. The molecule has 0 aromatic heterocycles. The first-order valence-corrected chi connectivity index (χ1v) is 8.29. The van der Waals surface area contributed by atoms with Crippen LogP contribution in [0, 0.1) is 6.92 Å². The molecule has 108 valence electrons. The maximum absolute atomic E-state index is 11.6. The van der Waals surface area contributed by atoms with E-state index >= 15 is 0 Å². The molecule has 1 N–H and O–H groups in total. The van der Waals surface area contributed by atoms with Gasteiger partial charge in [0.2, 0.25) is 0 Å². The molecule has 19 heavy (non-hydrogen) atoms. The number of benzene rings is 1. The first kappa shape index (κ1) is 16.0. The van der Waals surface area contributed by atoms with Crippen molar-refractivity contribution in [2.24, 2.45) is 0 Å². The Labute approximate surface area is 115 Å². The summed E-state index contributed by atoms with van der Waals surface area (Å²) in [7, 11) is -3.03. The van der Waals surface area contributed by atoms with Gasteiger partial charge in [-0.25, -0.2) is 8.42 Å². The van der Waals surface area contributed by atoms with Crippen molar-refractivity contribution < 1.29 is 18.3 Å². The molecule has 0 saturated heterocycles. The van der Waals surface area contributed by atoms with E-state index in [9.17, 15) is 13.5 Å². The minimum absolute atomic E-state index is 0.00790. The van der Waals surface area contributed by atoms with E-state index in [0.717, 1.165) is 5.56 Å². The van der Waals surface area contributed by atoms with Gasteiger partial charge in [-0.1, -0.05) is 18.6 Å². The zero-order valence-corrected chi connectivity index (χ0v) is 12.5. The third-order valence-corrected chi connectivity index (χ3v) is 4.60. The van der Waals surface area contributed by atoms with Gasteiger partial charge in [-0.3, -0.25) is 0 Å². The second kappa shape index (κ2) is 6.91. The summed E-state index contributed by atoms with van der Waals surface area (Å²) in [5.41, 5.74) is 1.72. The molecule has 0 aliphatic carbocycles. The Balaban J connectivity index is 2.68. The molecule has 1 rings (SSSR count). The Morgan fingerprint density at radius 2 is 2.00 bits per heavy atom. The Hall–Kier alpha value is -1.07. The van der Waals surface area contributed by atoms with E-state index in [4.69, 9.17) is 4.74 Å². The van der Waals surface area contributed by atoms with Gasteiger partial charge in [-0.2, -0.15) is 0 Å². The molecule has 0 fully saturated rings. The van der Waals surface area contributed by atoms with Gasteiger partial charge < -0.3 is 9.84 Å². The summed E-state index contributed by atoms with van der Waals surface area (Å²) in [5, 5.41) is 9.67. The van der Waals surface area contributed by atoms with Gasteiger partial charge in [0.1, 0.15) is 12.4 Å². The van der Waals surface area contributed by atoms with E-state index in [1.54, 1.807) is 13.0 Å². The van der Waals surface area contributed by atoms with Gasteiger partial charge in [0.05, 0.1) is 17.6 Å². The van der Waals surface area contributed by atoms with Crippen LogP contribution in [0.5, 0.6) is 5.75 Å². The molecule has 1 aromatic carbocycles. The normalized spacial score (nSPS) is 13.3. The summed E-state index contributed by atoms with van der Waals surface area (Å²) >= 11 is 0. The summed E-state index contributed by atoms with van der Waals surface area (Å²) in [6.07, 6.45) is -0.0200. The molecule has 0 aliphatic rings. The van der Waals surface area contributed by atoms with E-state index in [2.05, 4.69) is 0 Å². The van der Waals surface area contributed by atoms with Gasteiger partial charge >= 0.3 is 0 Å². The van der Waals surface area contributed by atoms with Gasteiger partial charge in [-0.05, 0) is 32.4 Å². The van der Waals surface area contributed by atoms with Crippen LogP contribution in [0.3, 0.4) is 0 Å². The largest absolute Gasteiger partial charge is 0.492 e. The lowest BCUT2D eigenvalue weighted by atomic mass is 10.1. The van der Waals surface area contributed by atoms with E-state index in [0.29, 0.717) is 17.7 Å². The number of sulfone groups is 1. The fourth-order valence-electron chi connectivity index (χ4n) is 1.82. The smallest absolute Gasteiger partial charge is 0.153 e. The molecule has 0 amide bonds. The lowest BCUT2D eigenvalue weighted by Crippen LogP contribution is -2.17. The van der Waals surface area contributed by atoms with Crippen molar-refractivity contribution in [1.82, 2.24) is 0 Å². The van der Waals surface area contributed by atoms with Crippen LogP contribution in [-0.2, 0) is 9.84 Å². The van der Waals surface area contributed by atoms with E-state index in [1.807, 2.05) is 26.0 Å². The lowest BCUT2D eigenvalue weighted by Gasteiger charge is -2.14. The predicted octanol–water partition coefficient (Wildman–Crippen LogP) is 2.25. The molecule has 0 saturated carbocycles. The monoisotopic (exact) mass is 286 g/mol. The molecule has 0 bridgehead atoms. The molecule has 1 atom stereocenters. The van der Waals surface area contributed by atoms with Gasteiger partial charge in [0.25, 0.3) is 0 Å². The molecule has 0 aliphatic heterocycles. The van der Waals surface area contributed by atoms with E-state index < -0.39 is 15.9 Å². The average Bonchev–Trinajstić information content (AvgIpc) is 2.30. The third-order valence-electron chi connectivity index (χ3n) is 2.78. The topological polar surface area (TPSA) is 63.6 Å². The van der Waals surface area contributed by atoms with E-state index in [1.165, 1.54) is 0 Å². The Morgan fingerprint density at radius 1 is 1.32 bits per heavy atom. The zero-order valence-electron chi connectivity index (χ0n) is 11.7. The van der Waals surface area contributed by atoms with Crippen LogP contribution in [0.25, 0.3) is 0 Å². The highest BCUT2D eigenvalue weighted by atomic mass is 32.2. The zero-order chi connectivity index (χ0) is 14.5. The second-order valence-electron chi connectivity index (χ2n) is 4.72. The van der Waals surface area contributed by atoms with Crippen LogP contribution < -0.4 is 4.74 Å². The molecule has 0 unspecified atom stereocenters. The van der Waals surface area contributed by atoms with Crippen LogP contribution in [0.15, 0.2) is 18.2 Å². The van der Waals surface area contributed by atoms with Crippen molar-refractivity contribution >= 4 is 9.84 Å². The number of aliphatic hydroxyl groups is 1. The van der Waals surface area contributed by atoms with Gasteiger partial charge in [0, 0.05) is 5.56 Å². The molecule has 0 heterocycles. The molecule has 0 spiro atoms.